The number of fused-ring (bicyclic) bond motifs is 3. The molecule has 1 saturated carbocycles. The van der Waals surface area contributed by atoms with E-state index < -0.39 is 5.97 Å². The van der Waals surface area contributed by atoms with Crippen LogP contribution >= 0.6 is 0 Å². The number of epoxide rings is 1. The van der Waals surface area contributed by atoms with Crippen LogP contribution in [0.5, 0.6) is 17.2 Å². The zero-order valence-corrected chi connectivity index (χ0v) is 27.3. The SMILES string of the molecule is CCCCCCC1CCC(C(=O)Oc2ccc3c(c2)Cc2cc(OC(=O)c4ccc(OCCCCCC5CO5)cc4)ccc2-3)CC1. The van der Waals surface area contributed by atoms with E-state index in [1.54, 1.807) is 12.1 Å². The van der Waals surface area contributed by atoms with E-state index in [4.69, 9.17) is 18.9 Å². The molecule has 1 heterocycles. The van der Waals surface area contributed by atoms with E-state index in [1.165, 1.54) is 38.5 Å². The van der Waals surface area contributed by atoms with E-state index in [0.29, 0.717) is 36.2 Å². The third-order valence-electron chi connectivity index (χ3n) is 9.83. The molecule has 46 heavy (non-hydrogen) atoms. The first-order valence-corrected chi connectivity index (χ1v) is 17.6. The molecule has 6 nitrogen and oxygen atoms in total. The summed E-state index contributed by atoms with van der Waals surface area (Å²) >= 11 is 0. The van der Waals surface area contributed by atoms with Crippen LogP contribution in [0.1, 0.15) is 112 Å². The molecule has 1 unspecified atom stereocenters. The van der Waals surface area contributed by atoms with Crippen LogP contribution in [0.25, 0.3) is 11.1 Å². The van der Waals surface area contributed by atoms with Gasteiger partial charge in [0, 0.05) is 0 Å². The largest absolute Gasteiger partial charge is 0.494 e. The molecule has 0 radical (unpaired) electrons. The molecule has 0 bridgehead atoms. The van der Waals surface area contributed by atoms with Crippen LogP contribution in [-0.4, -0.2) is 31.3 Å². The van der Waals surface area contributed by atoms with Gasteiger partial charge in [0.15, 0.2) is 0 Å². The zero-order chi connectivity index (χ0) is 31.7. The van der Waals surface area contributed by atoms with Crippen molar-refractivity contribution in [3.8, 4) is 28.4 Å². The summed E-state index contributed by atoms with van der Waals surface area (Å²) < 4.78 is 22.7. The summed E-state index contributed by atoms with van der Waals surface area (Å²) in [5.41, 5.74) is 4.94. The Labute approximate surface area is 273 Å². The van der Waals surface area contributed by atoms with Gasteiger partial charge in [-0.15, -0.1) is 0 Å². The summed E-state index contributed by atoms with van der Waals surface area (Å²) in [5.74, 6) is 2.15. The molecule has 1 aliphatic heterocycles. The lowest BCUT2D eigenvalue weighted by molar-refractivity contribution is -0.140. The van der Waals surface area contributed by atoms with E-state index in [0.717, 1.165) is 85.5 Å². The van der Waals surface area contributed by atoms with Crippen molar-refractivity contribution in [3.63, 3.8) is 0 Å². The van der Waals surface area contributed by atoms with Crippen molar-refractivity contribution in [1.82, 2.24) is 0 Å². The maximum absolute atomic E-state index is 13.0. The summed E-state index contributed by atoms with van der Waals surface area (Å²) in [6.45, 7) is 3.84. The fraction of sp³-hybridized carbons (Fsp3) is 0.500. The van der Waals surface area contributed by atoms with E-state index in [1.807, 2.05) is 48.5 Å². The minimum Gasteiger partial charge on any atom is -0.494 e. The highest BCUT2D eigenvalue weighted by atomic mass is 16.6. The van der Waals surface area contributed by atoms with Gasteiger partial charge in [0.1, 0.15) is 17.2 Å². The van der Waals surface area contributed by atoms with Crippen LogP contribution in [0, 0.1) is 11.8 Å². The number of rotatable bonds is 16. The van der Waals surface area contributed by atoms with Crippen molar-refractivity contribution in [2.45, 2.75) is 103 Å². The van der Waals surface area contributed by atoms with Gasteiger partial charge in [0.05, 0.1) is 30.8 Å². The number of carbonyl (C=O) groups is 2. The Hall–Kier alpha value is -3.64. The van der Waals surface area contributed by atoms with Gasteiger partial charge >= 0.3 is 11.9 Å². The molecule has 3 aliphatic rings. The van der Waals surface area contributed by atoms with Gasteiger partial charge in [-0.25, -0.2) is 4.79 Å². The number of hydrogen-bond acceptors (Lipinski definition) is 6. The van der Waals surface area contributed by atoms with Gasteiger partial charge in [-0.1, -0.05) is 57.6 Å². The monoisotopic (exact) mass is 624 g/mol. The quantitative estimate of drug-likeness (QED) is 0.0535. The lowest BCUT2D eigenvalue weighted by Crippen LogP contribution is -2.25. The van der Waals surface area contributed by atoms with Crippen LogP contribution in [0.2, 0.25) is 0 Å². The maximum Gasteiger partial charge on any atom is 0.343 e. The van der Waals surface area contributed by atoms with E-state index in [2.05, 4.69) is 6.92 Å². The number of carbonyl (C=O) groups excluding carboxylic acids is 2. The lowest BCUT2D eigenvalue weighted by atomic mass is 9.80. The van der Waals surface area contributed by atoms with Gasteiger partial charge in [-0.3, -0.25) is 4.79 Å². The minimum atomic E-state index is -0.399. The average Bonchev–Trinajstić information content (AvgIpc) is 3.83. The number of hydrogen-bond donors (Lipinski definition) is 0. The van der Waals surface area contributed by atoms with Crippen LogP contribution in [0.15, 0.2) is 60.7 Å². The fourth-order valence-electron chi connectivity index (χ4n) is 6.97. The first-order valence-electron chi connectivity index (χ1n) is 17.6. The Bertz CT molecular complexity index is 1470. The topological polar surface area (TPSA) is 74.4 Å². The number of unbranched alkanes of at least 4 members (excludes halogenated alkanes) is 5. The first kappa shape index (κ1) is 32.3. The Morgan fingerprint density at radius 3 is 2.02 bits per heavy atom. The molecule has 1 saturated heterocycles. The van der Waals surface area contributed by atoms with Crippen molar-refractivity contribution in [1.29, 1.82) is 0 Å². The molecule has 0 spiro atoms. The summed E-state index contributed by atoms with van der Waals surface area (Å²) in [4.78, 5) is 25.9. The molecule has 6 rings (SSSR count). The Morgan fingerprint density at radius 1 is 0.717 bits per heavy atom. The second kappa shape index (κ2) is 15.8. The van der Waals surface area contributed by atoms with Crippen LogP contribution in [0.4, 0.5) is 0 Å². The highest BCUT2D eigenvalue weighted by molar-refractivity contribution is 5.91. The first-order chi connectivity index (χ1) is 22.6. The molecule has 6 heteroatoms. The third kappa shape index (κ3) is 8.79. The lowest BCUT2D eigenvalue weighted by Gasteiger charge is -2.27. The van der Waals surface area contributed by atoms with Gasteiger partial charge in [0.2, 0.25) is 0 Å². The number of esters is 2. The molecular weight excluding hydrogens is 576 g/mol. The van der Waals surface area contributed by atoms with E-state index >= 15 is 0 Å². The molecule has 1 atom stereocenters. The standard InChI is InChI=1S/C40H48O6/c1-2-3-4-6-9-28-11-13-29(14-12-28)39(41)45-34-19-21-37-31(25-34)24-32-26-35(20-22-38(32)37)46-40(42)30-15-17-33(18-16-30)43-23-8-5-7-10-36-27-44-36/h15-22,25-26,28-29,36H,2-14,23-24,27H2,1H3. The molecule has 2 aliphatic carbocycles. The number of benzene rings is 3. The van der Waals surface area contributed by atoms with Crippen molar-refractivity contribution in [2.75, 3.05) is 13.2 Å². The highest BCUT2D eigenvalue weighted by Gasteiger charge is 2.28. The zero-order valence-electron chi connectivity index (χ0n) is 27.3. The fourth-order valence-corrected chi connectivity index (χ4v) is 6.97. The smallest absolute Gasteiger partial charge is 0.343 e. The Kier molecular flexibility index (Phi) is 11.1. The molecule has 3 aromatic rings. The highest BCUT2D eigenvalue weighted by Crippen LogP contribution is 2.40. The second-order valence-electron chi connectivity index (χ2n) is 13.4. The molecule has 2 fully saturated rings. The average molecular weight is 625 g/mol. The number of ether oxygens (including phenoxy) is 4. The van der Waals surface area contributed by atoms with Crippen molar-refractivity contribution in [2.24, 2.45) is 11.8 Å². The molecule has 0 aromatic heterocycles. The normalized spacial score (nSPS) is 19.6. The van der Waals surface area contributed by atoms with Crippen LogP contribution in [0.3, 0.4) is 0 Å². The van der Waals surface area contributed by atoms with Crippen molar-refractivity contribution >= 4 is 11.9 Å². The maximum atomic E-state index is 13.0. The molecular formula is C40H48O6. The Balaban J connectivity index is 0.957. The van der Waals surface area contributed by atoms with Crippen molar-refractivity contribution < 1.29 is 28.5 Å². The van der Waals surface area contributed by atoms with Gasteiger partial charge in [-0.2, -0.15) is 0 Å². The molecule has 0 amide bonds. The summed E-state index contributed by atoms with van der Waals surface area (Å²) in [5, 5.41) is 0. The van der Waals surface area contributed by atoms with Gasteiger partial charge < -0.3 is 18.9 Å². The predicted molar refractivity (Wildman–Crippen MR) is 180 cm³/mol. The molecule has 3 aromatic carbocycles. The van der Waals surface area contributed by atoms with Gasteiger partial charge in [0.25, 0.3) is 0 Å². The minimum absolute atomic E-state index is 0.000789. The Morgan fingerprint density at radius 2 is 1.35 bits per heavy atom. The van der Waals surface area contributed by atoms with Crippen molar-refractivity contribution in [3.05, 3.63) is 77.4 Å². The summed E-state index contributed by atoms with van der Waals surface area (Å²) in [6, 6.07) is 18.8. The van der Waals surface area contributed by atoms with E-state index in [-0.39, 0.29) is 11.9 Å². The molecule has 244 valence electrons. The predicted octanol–water partition coefficient (Wildman–Crippen LogP) is 9.50. The van der Waals surface area contributed by atoms with Crippen LogP contribution in [-0.2, 0) is 16.0 Å². The second-order valence-corrected chi connectivity index (χ2v) is 13.4. The van der Waals surface area contributed by atoms with Crippen LogP contribution < -0.4 is 14.2 Å². The summed E-state index contributed by atoms with van der Waals surface area (Å²) in [7, 11) is 0. The van der Waals surface area contributed by atoms with Gasteiger partial charge in [-0.05, 0) is 128 Å². The summed E-state index contributed by atoms with van der Waals surface area (Å²) in [6.07, 6.45) is 16.3. The molecule has 0 N–H and O–H groups in total. The van der Waals surface area contributed by atoms with E-state index in [9.17, 15) is 9.59 Å². The third-order valence-corrected chi connectivity index (χ3v) is 9.83.